The molecule has 0 radical (unpaired) electrons. The summed E-state index contributed by atoms with van der Waals surface area (Å²) in [7, 11) is -1.13. The van der Waals surface area contributed by atoms with Gasteiger partial charge in [-0.25, -0.2) is 13.8 Å². The Morgan fingerprint density at radius 2 is 2.06 bits per heavy atom. The molecule has 1 aromatic heterocycles. The van der Waals surface area contributed by atoms with Gasteiger partial charge in [0.25, 0.3) is 0 Å². The van der Waals surface area contributed by atoms with E-state index in [2.05, 4.69) is 36.0 Å². The number of rotatable bonds is 10. The van der Waals surface area contributed by atoms with Gasteiger partial charge in [0.1, 0.15) is 6.73 Å². The van der Waals surface area contributed by atoms with Crippen LogP contribution in [0.5, 0.6) is 0 Å². The number of nitrogens with zero attached hydrogens (tertiary/aromatic N) is 2. The van der Waals surface area contributed by atoms with E-state index in [4.69, 9.17) is 4.74 Å². The second-order valence-electron chi connectivity index (χ2n) is 10.5. The van der Waals surface area contributed by atoms with Crippen LogP contribution in [0.25, 0.3) is 11.0 Å². The molecule has 5 nitrogen and oxygen atoms in total. The molecule has 2 aliphatic rings. The second kappa shape index (κ2) is 8.62. The van der Waals surface area contributed by atoms with Crippen molar-refractivity contribution in [1.82, 2.24) is 14.9 Å². The Kier molecular flexibility index (Phi) is 6.22. The van der Waals surface area contributed by atoms with Crippen molar-refractivity contribution >= 4 is 25.0 Å². The van der Waals surface area contributed by atoms with Crippen LogP contribution in [0.3, 0.4) is 0 Å². The van der Waals surface area contributed by atoms with Crippen molar-refractivity contribution in [2.45, 2.75) is 76.5 Å². The Balaban J connectivity index is 1.41. The fourth-order valence-corrected chi connectivity index (χ4v) is 4.99. The van der Waals surface area contributed by atoms with E-state index in [1.807, 2.05) is 16.7 Å². The summed E-state index contributed by atoms with van der Waals surface area (Å²) < 4.78 is 34.1. The van der Waals surface area contributed by atoms with E-state index in [1.165, 1.54) is 0 Å². The van der Waals surface area contributed by atoms with Gasteiger partial charge >= 0.3 is 0 Å². The first-order chi connectivity index (χ1) is 14.6. The molecular formula is C23H33F2N3O2Si. The van der Waals surface area contributed by atoms with Crippen LogP contribution in [-0.2, 0) is 16.3 Å². The van der Waals surface area contributed by atoms with Gasteiger partial charge in [0.15, 0.2) is 0 Å². The third kappa shape index (κ3) is 5.92. The summed E-state index contributed by atoms with van der Waals surface area (Å²) >= 11 is 0. The lowest BCUT2D eigenvalue weighted by atomic mass is 9.79. The zero-order valence-electron chi connectivity index (χ0n) is 18.7. The minimum absolute atomic E-state index is 0.0753. The van der Waals surface area contributed by atoms with Crippen LogP contribution in [0, 0.1) is 11.8 Å². The Hall–Kier alpha value is -1.80. The first-order valence-electron chi connectivity index (χ1n) is 11.3. The number of fused-ring (bicyclic) bond motifs is 1. The SMILES string of the molecule is C[Si](C)(C)CCOCn1cnc2ccc([C@H](NC(=O)CC3CC(F)(F)C3)C3CC3)cc21. The molecule has 0 saturated heterocycles. The molecule has 0 spiro atoms. The Morgan fingerprint density at radius 3 is 2.71 bits per heavy atom. The van der Waals surface area contributed by atoms with Crippen molar-refractivity contribution < 1.29 is 18.3 Å². The highest BCUT2D eigenvalue weighted by atomic mass is 28.3. The van der Waals surface area contributed by atoms with Crippen LogP contribution in [0.2, 0.25) is 25.7 Å². The molecule has 2 saturated carbocycles. The quantitative estimate of drug-likeness (QED) is 0.393. The average Bonchev–Trinajstić information content (AvgIpc) is 3.41. The van der Waals surface area contributed by atoms with E-state index in [0.29, 0.717) is 12.6 Å². The number of hydrogen-bond donors (Lipinski definition) is 1. The molecule has 2 aromatic rings. The molecular weight excluding hydrogens is 416 g/mol. The summed E-state index contributed by atoms with van der Waals surface area (Å²) in [5.41, 5.74) is 2.94. The molecule has 1 atom stereocenters. The van der Waals surface area contributed by atoms with E-state index in [0.717, 1.165) is 42.1 Å². The number of imidazole rings is 1. The molecule has 1 amide bonds. The Morgan fingerprint density at radius 1 is 1.32 bits per heavy atom. The van der Waals surface area contributed by atoms with E-state index < -0.39 is 14.0 Å². The number of hydrogen-bond acceptors (Lipinski definition) is 3. The number of alkyl halides is 2. The molecule has 2 aliphatic carbocycles. The van der Waals surface area contributed by atoms with Crippen LogP contribution < -0.4 is 5.32 Å². The van der Waals surface area contributed by atoms with Crippen molar-refractivity contribution in [1.29, 1.82) is 0 Å². The van der Waals surface area contributed by atoms with Crippen LogP contribution in [-0.4, -0.2) is 36.1 Å². The predicted octanol–water partition coefficient (Wildman–Crippen LogP) is 5.35. The standard InChI is InChI=1S/C23H33F2N3O2Si/c1-31(2,3)9-8-30-15-28-14-26-19-7-6-18(11-20(19)28)22(17-4-5-17)27-21(29)10-16-12-23(24,25)13-16/h6-7,11,14,16-17,22H,4-5,8-10,12-13,15H2,1-3H3,(H,27,29)/t22-/m1/s1. The Bertz CT molecular complexity index is 929. The summed E-state index contributed by atoms with van der Waals surface area (Å²) in [4.78, 5) is 17.0. The highest BCUT2D eigenvalue weighted by molar-refractivity contribution is 6.76. The van der Waals surface area contributed by atoms with Gasteiger partial charge in [0.2, 0.25) is 11.8 Å². The largest absolute Gasteiger partial charge is 0.361 e. The van der Waals surface area contributed by atoms with Crippen molar-refractivity contribution in [2.75, 3.05) is 6.61 Å². The molecule has 0 bridgehead atoms. The van der Waals surface area contributed by atoms with E-state index in [9.17, 15) is 13.6 Å². The molecule has 1 heterocycles. The van der Waals surface area contributed by atoms with E-state index in [-0.39, 0.29) is 37.1 Å². The molecule has 0 unspecified atom stereocenters. The number of nitrogens with one attached hydrogen (secondary N) is 1. The third-order valence-electron chi connectivity index (χ3n) is 6.29. The predicted molar refractivity (Wildman–Crippen MR) is 120 cm³/mol. The molecule has 8 heteroatoms. The van der Waals surface area contributed by atoms with Gasteiger partial charge in [-0.2, -0.15) is 0 Å². The monoisotopic (exact) mass is 449 g/mol. The lowest BCUT2D eigenvalue weighted by molar-refractivity contribution is -0.134. The van der Waals surface area contributed by atoms with Gasteiger partial charge in [0.05, 0.1) is 23.4 Å². The molecule has 31 heavy (non-hydrogen) atoms. The average molecular weight is 450 g/mol. The number of carbonyl (C=O) groups excluding carboxylic acids is 1. The van der Waals surface area contributed by atoms with Gasteiger partial charge in [-0.3, -0.25) is 4.79 Å². The third-order valence-corrected chi connectivity index (χ3v) is 7.99. The van der Waals surface area contributed by atoms with E-state index >= 15 is 0 Å². The van der Waals surface area contributed by atoms with Crippen LogP contribution in [0.4, 0.5) is 8.78 Å². The van der Waals surface area contributed by atoms with Gasteiger partial charge in [-0.15, -0.1) is 0 Å². The maximum absolute atomic E-state index is 13.1. The first-order valence-corrected chi connectivity index (χ1v) is 15.0. The fraction of sp³-hybridized carbons (Fsp3) is 0.652. The highest BCUT2D eigenvalue weighted by Crippen LogP contribution is 2.45. The molecule has 2 fully saturated rings. The molecule has 0 aliphatic heterocycles. The van der Waals surface area contributed by atoms with Gasteiger partial charge in [-0.05, 0) is 48.4 Å². The molecule has 170 valence electrons. The zero-order chi connectivity index (χ0) is 22.2. The number of benzene rings is 1. The van der Waals surface area contributed by atoms with Crippen molar-refractivity contribution in [3.8, 4) is 0 Å². The van der Waals surface area contributed by atoms with Crippen molar-refractivity contribution in [2.24, 2.45) is 11.8 Å². The summed E-state index contributed by atoms with van der Waals surface area (Å²) in [6.07, 6.45) is 3.79. The van der Waals surface area contributed by atoms with Crippen molar-refractivity contribution in [3.63, 3.8) is 0 Å². The van der Waals surface area contributed by atoms with E-state index in [1.54, 1.807) is 6.33 Å². The summed E-state index contributed by atoms with van der Waals surface area (Å²) in [6, 6.07) is 7.14. The summed E-state index contributed by atoms with van der Waals surface area (Å²) in [6.45, 7) is 8.20. The number of halogens is 2. The number of carbonyl (C=O) groups is 1. The maximum atomic E-state index is 13.1. The smallest absolute Gasteiger partial charge is 0.248 e. The number of aromatic nitrogens is 2. The Labute approximate surface area is 183 Å². The van der Waals surface area contributed by atoms with Gasteiger partial charge in [0, 0.05) is 33.9 Å². The van der Waals surface area contributed by atoms with Gasteiger partial charge < -0.3 is 14.6 Å². The molecule has 1 N–H and O–H groups in total. The van der Waals surface area contributed by atoms with Crippen LogP contribution >= 0.6 is 0 Å². The second-order valence-corrected chi connectivity index (χ2v) is 16.1. The first kappa shape index (κ1) is 22.4. The normalized spacial score (nSPS) is 19.9. The number of ether oxygens (including phenoxy) is 1. The molecule has 1 aromatic carbocycles. The maximum Gasteiger partial charge on any atom is 0.248 e. The summed E-state index contributed by atoms with van der Waals surface area (Å²) in [5, 5.41) is 3.13. The lowest BCUT2D eigenvalue weighted by Gasteiger charge is -2.34. The fourth-order valence-electron chi connectivity index (χ4n) is 4.24. The highest BCUT2D eigenvalue weighted by Gasteiger charge is 2.46. The van der Waals surface area contributed by atoms with Crippen molar-refractivity contribution in [3.05, 3.63) is 30.1 Å². The topological polar surface area (TPSA) is 56.1 Å². The minimum atomic E-state index is -2.58. The molecule has 4 rings (SSSR count). The summed E-state index contributed by atoms with van der Waals surface area (Å²) in [5.74, 6) is -2.50. The van der Waals surface area contributed by atoms with Crippen LogP contribution in [0.1, 0.15) is 43.7 Å². The van der Waals surface area contributed by atoms with Gasteiger partial charge in [-0.1, -0.05) is 25.7 Å². The minimum Gasteiger partial charge on any atom is -0.361 e. The lowest BCUT2D eigenvalue weighted by Crippen LogP contribution is -2.39. The number of amides is 1. The van der Waals surface area contributed by atoms with Crippen LogP contribution in [0.15, 0.2) is 24.5 Å². The zero-order valence-corrected chi connectivity index (χ0v) is 19.7.